The third-order valence-corrected chi connectivity index (χ3v) is 4.77. The molecule has 7 nitrogen and oxygen atoms in total. The molecule has 1 rings (SSSR count). The van der Waals surface area contributed by atoms with Crippen molar-refractivity contribution in [1.82, 2.24) is 9.21 Å². The second kappa shape index (κ2) is 5.46. The first-order valence-electron chi connectivity index (χ1n) is 5.27. The number of hydrogen-bond acceptors (Lipinski definition) is 4. The van der Waals surface area contributed by atoms with Gasteiger partial charge in [-0.15, -0.1) is 0 Å². The van der Waals surface area contributed by atoms with Crippen molar-refractivity contribution in [1.29, 1.82) is 0 Å². The maximum atomic E-state index is 11.9. The monoisotopic (exact) mass is 264 g/mol. The summed E-state index contributed by atoms with van der Waals surface area (Å²) in [6, 6.07) is 0. The van der Waals surface area contributed by atoms with E-state index in [1.54, 1.807) is 0 Å². The molecule has 1 unspecified atom stereocenters. The second-order valence-electron chi connectivity index (χ2n) is 4.06. The lowest BCUT2D eigenvalue weighted by molar-refractivity contribution is -0.140. The molecular formula is C9H16N2O5S. The third kappa shape index (κ3) is 3.67. The number of carboxylic acids is 1. The molecule has 1 heterocycles. The van der Waals surface area contributed by atoms with E-state index in [1.807, 2.05) is 0 Å². The Kier molecular flexibility index (Phi) is 4.47. The summed E-state index contributed by atoms with van der Waals surface area (Å²) in [5.74, 6) is -2.45. The maximum absolute atomic E-state index is 11.9. The summed E-state index contributed by atoms with van der Waals surface area (Å²) >= 11 is 0. The Morgan fingerprint density at radius 1 is 1.35 bits per heavy atom. The van der Waals surface area contributed by atoms with Gasteiger partial charge in [-0.2, -0.15) is 4.31 Å². The van der Waals surface area contributed by atoms with Crippen molar-refractivity contribution >= 4 is 22.4 Å². The molecule has 17 heavy (non-hydrogen) atoms. The molecule has 98 valence electrons. The Labute approximate surface area is 100 Å². The van der Waals surface area contributed by atoms with Gasteiger partial charge in [0.15, 0.2) is 0 Å². The highest BCUT2D eigenvalue weighted by molar-refractivity contribution is 7.89. The molecular weight excluding hydrogens is 248 g/mol. The van der Waals surface area contributed by atoms with Crippen LogP contribution in [0.25, 0.3) is 0 Å². The van der Waals surface area contributed by atoms with E-state index in [4.69, 9.17) is 5.11 Å². The molecule has 1 aliphatic rings. The van der Waals surface area contributed by atoms with Crippen molar-refractivity contribution in [3.8, 4) is 0 Å². The second-order valence-corrected chi connectivity index (χ2v) is 6.07. The number of sulfonamides is 1. The lowest BCUT2D eigenvalue weighted by Crippen LogP contribution is -2.49. The molecule has 0 aliphatic carbocycles. The van der Waals surface area contributed by atoms with E-state index < -0.39 is 27.7 Å². The van der Waals surface area contributed by atoms with Gasteiger partial charge in [0.25, 0.3) is 0 Å². The van der Waals surface area contributed by atoms with Crippen LogP contribution >= 0.6 is 0 Å². The van der Waals surface area contributed by atoms with Gasteiger partial charge >= 0.3 is 5.97 Å². The van der Waals surface area contributed by atoms with E-state index in [-0.39, 0.29) is 13.1 Å². The lowest BCUT2D eigenvalue weighted by atomic mass is 10.2. The summed E-state index contributed by atoms with van der Waals surface area (Å²) in [6.45, 7) is 2.52. The highest BCUT2D eigenvalue weighted by Crippen LogP contribution is 2.10. The molecule has 1 saturated heterocycles. The van der Waals surface area contributed by atoms with Crippen LogP contribution in [0.15, 0.2) is 0 Å². The normalized spacial score (nSPS) is 19.9. The van der Waals surface area contributed by atoms with Gasteiger partial charge in [0.1, 0.15) is 0 Å². The summed E-state index contributed by atoms with van der Waals surface area (Å²) < 4.78 is 24.9. The zero-order valence-corrected chi connectivity index (χ0v) is 10.4. The standard InChI is InChI=1S/C9H16N2O5S/c1-8(9(13)14)6-17(15,16)11-4-2-10(7-12)3-5-11/h7-8H,2-6H2,1H3,(H,13,14). The number of aliphatic carboxylic acids is 1. The molecule has 0 bridgehead atoms. The van der Waals surface area contributed by atoms with Gasteiger partial charge in [-0.05, 0) is 0 Å². The van der Waals surface area contributed by atoms with Gasteiger partial charge in [-0.3, -0.25) is 9.59 Å². The van der Waals surface area contributed by atoms with Crippen LogP contribution in [0.5, 0.6) is 0 Å². The average molecular weight is 264 g/mol. The number of nitrogens with zero attached hydrogens (tertiary/aromatic N) is 2. The summed E-state index contributed by atoms with van der Waals surface area (Å²) in [6.07, 6.45) is 0.684. The van der Waals surface area contributed by atoms with E-state index >= 15 is 0 Å². The minimum Gasteiger partial charge on any atom is -0.481 e. The first-order valence-corrected chi connectivity index (χ1v) is 6.87. The molecule has 8 heteroatoms. The molecule has 0 aromatic rings. The van der Waals surface area contributed by atoms with Crippen molar-refractivity contribution < 1.29 is 23.1 Å². The number of piperazine rings is 1. The molecule has 0 spiro atoms. The molecule has 1 fully saturated rings. The Morgan fingerprint density at radius 3 is 2.29 bits per heavy atom. The van der Waals surface area contributed by atoms with E-state index in [9.17, 15) is 18.0 Å². The van der Waals surface area contributed by atoms with Crippen LogP contribution < -0.4 is 0 Å². The van der Waals surface area contributed by atoms with Crippen LogP contribution in [0.3, 0.4) is 0 Å². The summed E-state index contributed by atoms with van der Waals surface area (Å²) in [5, 5.41) is 8.69. The van der Waals surface area contributed by atoms with Crippen LogP contribution in [-0.4, -0.2) is 67.0 Å². The average Bonchev–Trinajstić information content (AvgIpc) is 2.28. The largest absolute Gasteiger partial charge is 0.481 e. The fourth-order valence-electron chi connectivity index (χ4n) is 1.58. The highest BCUT2D eigenvalue weighted by Gasteiger charge is 2.29. The van der Waals surface area contributed by atoms with Crippen LogP contribution in [0.2, 0.25) is 0 Å². The fraction of sp³-hybridized carbons (Fsp3) is 0.778. The number of carbonyl (C=O) groups is 2. The summed E-state index contributed by atoms with van der Waals surface area (Å²) in [4.78, 5) is 22.6. The van der Waals surface area contributed by atoms with Crippen molar-refractivity contribution in [3.63, 3.8) is 0 Å². The van der Waals surface area contributed by atoms with Crippen molar-refractivity contribution in [2.75, 3.05) is 31.9 Å². The van der Waals surface area contributed by atoms with Crippen molar-refractivity contribution in [2.45, 2.75) is 6.92 Å². The minimum absolute atomic E-state index is 0.230. The van der Waals surface area contributed by atoms with Crippen LogP contribution in [0, 0.1) is 5.92 Å². The molecule has 1 atom stereocenters. The summed E-state index contributed by atoms with van der Waals surface area (Å²) in [5.41, 5.74) is 0. The van der Waals surface area contributed by atoms with Gasteiger partial charge in [0, 0.05) is 26.2 Å². The molecule has 1 amide bonds. The SMILES string of the molecule is CC(CS(=O)(=O)N1CCN(C=O)CC1)C(=O)O. The Hall–Kier alpha value is -1.15. The van der Waals surface area contributed by atoms with Crippen molar-refractivity contribution in [3.05, 3.63) is 0 Å². The molecule has 0 radical (unpaired) electrons. The van der Waals surface area contributed by atoms with Crippen LogP contribution in [0.4, 0.5) is 0 Å². The Bertz CT molecular complexity index is 386. The van der Waals surface area contributed by atoms with Gasteiger partial charge < -0.3 is 10.0 Å². The number of carboxylic acid groups (broad SMARTS) is 1. The van der Waals surface area contributed by atoms with Crippen LogP contribution in [0.1, 0.15) is 6.92 Å². The van der Waals surface area contributed by atoms with E-state index in [0.29, 0.717) is 19.5 Å². The predicted octanol–water partition coefficient (Wildman–Crippen LogP) is -1.19. The highest BCUT2D eigenvalue weighted by atomic mass is 32.2. The zero-order chi connectivity index (χ0) is 13.1. The minimum atomic E-state index is -3.55. The molecule has 1 N–H and O–H groups in total. The van der Waals surface area contributed by atoms with Crippen LogP contribution in [-0.2, 0) is 19.6 Å². The molecule has 0 saturated carbocycles. The molecule has 0 aromatic carbocycles. The number of carbonyl (C=O) groups excluding carboxylic acids is 1. The van der Waals surface area contributed by atoms with Gasteiger partial charge in [-0.25, -0.2) is 8.42 Å². The smallest absolute Gasteiger partial charge is 0.307 e. The predicted molar refractivity (Wildman–Crippen MR) is 59.8 cm³/mol. The third-order valence-electron chi connectivity index (χ3n) is 2.70. The first kappa shape index (κ1) is 13.9. The van der Waals surface area contributed by atoms with Gasteiger partial charge in [-0.1, -0.05) is 6.92 Å². The number of rotatable bonds is 5. The van der Waals surface area contributed by atoms with Crippen molar-refractivity contribution in [2.24, 2.45) is 5.92 Å². The van der Waals surface area contributed by atoms with E-state index in [0.717, 1.165) is 0 Å². The Balaban J connectivity index is 2.60. The zero-order valence-electron chi connectivity index (χ0n) is 9.57. The quantitative estimate of drug-likeness (QED) is 0.630. The van der Waals surface area contributed by atoms with E-state index in [2.05, 4.69) is 0 Å². The lowest BCUT2D eigenvalue weighted by Gasteiger charge is -2.32. The fourth-order valence-corrected chi connectivity index (χ4v) is 3.28. The summed E-state index contributed by atoms with van der Waals surface area (Å²) in [7, 11) is -3.55. The number of hydrogen-bond donors (Lipinski definition) is 1. The van der Waals surface area contributed by atoms with E-state index in [1.165, 1.54) is 16.1 Å². The number of amides is 1. The maximum Gasteiger partial charge on any atom is 0.307 e. The van der Waals surface area contributed by atoms with Gasteiger partial charge in [0.2, 0.25) is 16.4 Å². The Morgan fingerprint density at radius 2 is 1.88 bits per heavy atom. The van der Waals surface area contributed by atoms with Gasteiger partial charge in [0.05, 0.1) is 11.7 Å². The molecule has 0 aromatic heterocycles. The molecule has 1 aliphatic heterocycles. The first-order chi connectivity index (χ1) is 7.86. The topological polar surface area (TPSA) is 95.0 Å².